The van der Waals surface area contributed by atoms with E-state index in [-0.39, 0.29) is 6.42 Å². The van der Waals surface area contributed by atoms with Crippen molar-refractivity contribution < 1.29 is 14.6 Å². The molecule has 0 amide bonds. The quantitative estimate of drug-likeness (QED) is 0.904. The number of carboxylic acids is 1. The first-order chi connectivity index (χ1) is 8.63. The number of carboxylic acid groups (broad SMARTS) is 1. The van der Waals surface area contributed by atoms with Crippen LogP contribution in [-0.4, -0.2) is 20.9 Å². The molecule has 0 bridgehead atoms. The average molecular weight is 267 g/mol. The Kier molecular flexibility index (Phi) is 3.84. The number of carbonyl (C=O) groups is 1. The summed E-state index contributed by atoms with van der Waals surface area (Å²) in [5.74, 6) is 0.297. The van der Waals surface area contributed by atoms with Gasteiger partial charge in [0, 0.05) is 5.02 Å². The van der Waals surface area contributed by atoms with Crippen molar-refractivity contribution in [2.45, 2.75) is 13.0 Å². The fourth-order valence-corrected chi connectivity index (χ4v) is 1.58. The lowest BCUT2D eigenvalue weighted by Gasteiger charge is -2.02. The van der Waals surface area contributed by atoms with Gasteiger partial charge in [-0.2, -0.15) is 5.10 Å². The van der Waals surface area contributed by atoms with E-state index in [2.05, 4.69) is 5.10 Å². The van der Waals surface area contributed by atoms with Crippen LogP contribution >= 0.6 is 11.6 Å². The summed E-state index contributed by atoms with van der Waals surface area (Å²) in [5, 5.41) is 13.2. The molecule has 1 aromatic heterocycles. The second kappa shape index (κ2) is 5.55. The number of aromatic nitrogens is 2. The lowest BCUT2D eigenvalue weighted by Crippen LogP contribution is -2.04. The van der Waals surface area contributed by atoms with E-state index in [1.54, 1.807) is 30.5 Å². The SMILES string of the molecule is O=C(O)CCn1cc(Oc2cccc(Cl)c2)cn1. The fourth-order valence-electron chi connectivity index (χ4n) is 1.40. The maximum Gasteiger partial charge on any atom is 0.305 e. The van der Waals surface area contributed by atoms with Crippen LogP contribution in [0, 0.1) is 0 Å². The minimum absolute atomic E-state index is 0.0261. The van der Waals surface area contributed by atoms with Gasteiger partial charge in [0.2, 0.25) is 0 Å². The van der Waals surface area contributed by atoms with Crippen molar-refractivity contribution in [3.8, 4) is 11.5 Å². The summed E-state index contributed by atoms with van der Waals surface area (Å²) >= 11 is 5.83. The summed E-state index contributed by atoms with van der Waals surface area (Å²) in [6.07, 6.45) is 3.20. The number of ether oxygens (including phenoxy) is 1. The van der Waals surface area contributed by atoms with E-state index >= 15 is 0 Å². The second-order valence-electron chi connectivity index (χ2n) is 3.64. The molecule has 1 aromatic carbocycles. The van der Waals surface area contributed by atoms with Crippen molar-refractivity contribution in [3.63, 3.8) is 0 Å². The van der Waals surface area contributed by atoms with E-state index in [1.807, 2.05) is 0 Å². The molecule has 1 N–H and O–H groups in total. The minimum Gasteiger partial charge on any atom is -0.481 e. The molecule has 18 heavy (non-hydrogen) atoms. The Labute approximate surface area is 109 Å². The maximum atomic E-state index is 10.4. The standard InChI is InChI=1S/C12H11ClN2O3/c13-9-2-1-3-10(6-9)18-11-7-14-15(8-11)5-4-12(16)17/h1-3,6-8H,4-5H2,(H,16,17). The first-order valence-corrected chi connectivity index (χ1v) is 5.69. The molecule has 0 saturated carbocycles. The zero-order chi connectivity index (χ0) is 13.0. The van der Waals surface area contributed by atoms with Gasteiger partial charge in [-0.3, -0.25) is 9.48 Å². The summed E-state index contributed by atoms with van der Waals surface area (Å²) in [4.78, 5) is 10.4. The molecular weight excluding hydrogens is 256 g/mol. The molecule has 2 aromatic rings. The van der Waals surface area contributed by atoms with Gasteiger partial charge in [-0.25, -0.2) is 0 Å². The van der Waals surface area contributed by atoms with Gasteiger partial charge in [-0.05, 0) is 18.2 Å². The summed E-state index contributed by atoms with van der Waals surface area (Å²) < 4.78 is 7.05. The van der Waals surface area contributed by atoms with Crippen LogP contribution in [0.25, 0.3) is 0 Å². The molecule has 6 heteroatoms. The Morgan fingerprint density at radius 1 is 1.44 bits per heavy atom. The molecule has 0 aliphatic carbocycles. The molecule has 94 valence electrons. The zero-order valence-electron chi connectivity index (χ0n) is 9.41. The monoisotopic (exact) mass is 266 g/mol. The van der Waals surface area contributed by atoms with Gasteiger partial charge >= 0.3 is 5.97 Å². The second-order valence-corrected chi connectivity index (χ2v) is 4.08. The lowest BCUT2D eigenvalue weighted by atomic mass is 10.3. The molecule has 0 aliphatic heterocycles. The van der Waals surface area contributed by atoms with E-state index in [0.717, 1.165) is 0 Å². The van der Waals surface area contributed by atoms with Crippen LogP contribution in [0.15, 0.2) is 36.7 Å². The van der Waals surface area contributed by atoms with Gasteiger partial charge < -0.3 is 9.84 Å². The fraction of sp³-hybridized carbons (Fsp3) is 0.167. The molecule has 1 heterocycles. The first-order valence-electron chi connectivity index (χ1n) is 5.31. The zero-order valence-corrected chi connectivity index (χ0v) is 10.2. The van der Waals surface area contributed by atoms with Crippen LogP contribution in [0.3, 0.4) is 0 Å². The van der Waals surface area contributed by atoms with Gasteiger partial charge in [0.15, 0.2) is 5.75 Å². The molecule has 0 radical (unpaired) electrons. The molecule has 0 aliphatic rings. The summed E-state index contributed by atoms with van der Waals surface area (Å²) in [7, 11) is 0. The summed E-state index contributed by atoms with van der Waals surface area (Å²) in [6, 6.07) is 7.01. The highest BCUT2D eigenvalue weighted by molar-refractivity contribution is 6.30. The van der Waals surface area contributed by atoms with Crippen LogP contribution in [-0.2, 0) is 11.3 Å². The normalized spacial score (nSPS) is 10.3. The Hall–Kier alpha value is -2.01. The predicted molar refractivity (Wildman–Crippen MR) is 66.0 cm³/mol. The van der Waals surface area contributed by atoms with Crippen molar-refractivity contribution in [2.75, 3.05) is 0 Å². The van der Waals surface area contributed by atoms with Gasteiger partial charge in [-0.15, -0.1) is 0 Å². The van der Waals surface area contributed by atoms with Crippen molar-refractivity contribution in [3.05, 3.63) is 41.7 Å². The first kappa shape index (κ1) is 12.4. The third kappa shape index (κ3) is 3.49. The molecule has 0 fully saturated rings. The molecule has 2 rings (SSSR count). The Morgan fingerprint density at radius 3 is 3.00 bits per heavy atom. The van der Waals surface area contributed by atoms with E-state index in [1.165, 1.54) is 10.9 Å². The minimum atomic E-state index is -0.859. The number of benzene rings is 1. The molecule has 0 atom stereocenters. The molecule has 0 spiro atoms. The number of hydrogen-bond acceptors (Lipinski definition) is 3. The smallest absolute Gasteiger partial charge is 0.305 e. The molecule has 0 unspecified atom stereocenters. The average Bonchev–Trinajstić information content (AvgIpc) is 2.74. The maximum absolute atomic E-state index is 10.4. The van der Waals surface area contributed by atoms with Crippen LogP contribution < -0.4 is 4.74 Å². The predicted octanol–water partition coefficient (Wildman–Crippen LogP) is 2.80. The Morgan fingerprint density at radius 2 is 2.28 bits per heavy atom. The van der Waals surface area contributed by atoms with Gasteiger partial charge in [0.1, 0.15) is 5.75 Å². The number of hydrogen-bond donors (Lipinski definition) is 1. The van der Waals surface area contributed by atoms with Gasteiger partial charge in [0.25, 0.3) is 0 Å². The number of halogens is 1. The van der Waals surface area contributed by atoms with Crippen LogP contribution in [0.5, 0.6) is 11.5 Å². The summed E-state index contributed by atoms with van der Waals surface area (Å²) in [5.41, 5.74) is 0. The largest absolute Gasteiger partial charge is 0.481 e. The van der Waals surface area contributed by atoms with Gasteiger partial charge in [0.05, 0.1) is 25.4 Å². The number of aryl methyl sites for hydroxylation is 1. The topological polar surface area (TPSA) is 64.3 Å². The van der Waals surface area contributed by atoms with Crippen molar-refractivity contribution in [1.29, 1.82) is 0 Å². The highest BCUT2D eigenvalue weighted by atomic mass is 35.5. The van der Waals surface area contributed by atoms with Crippen molar-refractivity contribution >= 4 is 17.6 Å². The number of nitrogens with zero attached hydrogens (tertiary/aromatic N) is 2. The molecular formula is C12H11ClN2O3. The highest BCUT2D eigenvalue weighted by Crippen LogP contribution is 2.23. The van der Waals surface area contributed by atoms with Crippen LogP contribution in [0.1, 0.15) is 6.42 Å². The van der Waals surface area contributed by atoms with Crippen LogP contribution in [0.4, 0.5) is 0 Å². The third-order valence-corrected chi connectivity index (χ3v) is 2.43. The number of aliphatic carboxylic acids is 1. The number of rotatable bonds is 5. The molecule has 5 nitrogen and oxygen atoms in total. The lowest BCUT2D eigenvalue weighted by molar-refractivity contribution is -0.137. The van der Waals surface area contributed by atoms with E-state index in [4.69, 9.17) is 21.4 Å². The van der Waals surface area contributed by atoms with E-state index in [0.29, 0.717) is 23.1 Å². The van der Waals surface area contributed by atoms with E-state index in [9.17, 15) is 4.79 Å². The van der Waals surface area contributed by atoms with Crippen molar-refractivity contribution in [1.82, 2.24) is 9.78 Å². The van der Waals surface area contributed by atoms with Crippen molar-refractivity contribution in [2.24, 2.45) is 0 Å². The third-order valence-electron chi connectivity index (χ3n) is 2.20. The van der Waals surface area contributed by atoms with E-state index < -0.39 is 5.97 Å². The Bertz CT molecular complexity index is 554. The summed E-state index contributed by atoms with van der Waals surface area (Å²) in [6.45, 7) is 0.314. The van der Waals surface area contributed by atoms with Gasteiger partial charge in [-0.1, -0.05) is 17.7 Å². The molecule has 0 saturated heterocycles. The Balaban J connectivity index is 2.00. The van der Waals surface area contributed by atoms with Crippen LogP contribution in [0.2, 0.25) is 5.02 Å². The highest BCUT2D eigenvalue weighted by Gasteiger charge is 2.03.